The van der Waals surface area contributed by atoms with Crippen LogP contribution in [0.15, 0.2) is 84.9 Å². The van der Waals surface area contributed by atoms with E-state index in [1.54, 1.807) is 24.3 Å². The predicted molar refractivity (Wildman–Crippen MR) is 123 cm³/mol. The normalized spacial score (nSPS) is 11.6. The molecular weight excluding hydrogens is 390 g/mol. The second-order valence-electron chi connectivity index (χ2n) is 7.11. The van der Waals surface area contributed by atoms with Crippen LogP contribution >= 0.6 is 0 Å². The van der Waals surface area contributed by atoms with Crippen LogP contribution in [0.4, 0.5) is 11.4 Å². The van der Waals surface area contributed by atoms with Gasteiger partial charge in [0.05, 0.1) is 0 Å². The van der Waals surface area contributed by atoms with Gasteiger partial charge in [-0.15, -0.1) is 0 Å². The van der Waals surface area contributed by atoms with Gasteiger partial charge in [-0.2, -0.15) is 0 Å². The molecular formula is C25H27N3O3. The average Bonchev–Trinajstić information content (AvgIpc) is 2.79. The maximum absolute atomic E-state index is 13.0. The zero-order valence-electron chi connectivity index (χ0n) is 17.7. The molecule has 6 heteroatoms. The van der Waals surface area contributed by atoms with Crippen molar-refractivity contribution >= 4 is 23.2 Å². The first-order chi connectivity index (χ1) is 15.1. The molecule has 1 unspecified atom stereocenters. The first-order valence-electron chi connectivity index (χ1n) is 10.2. The Morgan fingerprint density at radius 1 is 0.871 bits per heavy atom. The summed E-state index contributed by atoms with van der Waals surface area (Å²) in [6.45, 7) is 2.61. The van der Waals surface area contributed by atoms with E-state index in [9.17, 15) is 9.59 Å². The highest BCUT2D eigenvalue weighted by molar-refractivity contribution is 5.95. The summed E-state index contributed by atoms with van der Waals surface area (Å²) in [6.07, 6.45) is 0. The Hall–Kier alpha value is -3.64. The zero-order valence-corrected chi connectivity index (χ0v) is 17.7. The van der Waals surface area contributed by atoms with Crippen molar-refractivity contribution in [3.8, 4) is 5.75 Å². The predicted octanol–water partition coefficient (Wildman–Crippen LogP) is 4.34. The van der Waals surface area contributed by atoms with Gasteiger partial charge in [-0.05, 0) is 43.4 Å². The molecule has 3 rings (SSSR count). The molecule has 0 radical (unpaired) electrons. The third-order valence-corrected chi connectivity index (χ3v) is 4.83. The van der Waals surface area contributed by atoms with Crippen molar-refractivity contribution in [1.82, 2.24) is 4.90 Å². The van der Waals surface area contributed by atoms with Gasteiger partial charge in [-0.25, -0.2) is 0 Å². The summed E-state index contributed by atoms with van der Waals surface area (Å²) in [7, 11) is 1.92. The minimum Gasteiger partial charge on any atom is -0.484 e. The van der Waals surface area contributed by atoms with Gasteiger partial charge in [0.25, 0.3) is 5.91 Å². The fourth-order valence-corrected chi connectivity index (χ4v) is 3.17. The summed E-state index contributed by atoms with van der Waals surface area (Å²) in [5.41, 5.74) is 2.25. The molecule has 2 N–H and O–H groups in total. The molecule has 3 aromatic rings. The third-order valence-electron chi connectivity index (χ3n) is 4.83. The Balaban J connectivity index is 1.62. The molecule has 31 heavy (non-hydrogen) atoms. The van der Waals surface area contributed by atoms with Gasteiger partial charge in [0.2, 0.25) is 5.91 Å². The number of nitrogens with zero attached hydrogens (tertiary/aromatic N) is 1. The summed E-state index contributed by atoms with van der Waals surface area (Å²) in [5, 5.41) is 5.73. The van der Waals surface area contributed by atoms with Gasteiger partial charge in [-0.3, -0.25) is 14.5 Å². The highest BCUT2D eigenvalue weighted by Crippen LogP contribution is 2.23. The fraction of sp³-hybridized carbons (Fsp3) is 0.200. The standard InChI is InChI=1S/C25H27N3O3/c1-3-28(2)24(19-11-6-4-7-12-19)25(30)27-21-15-10-16-22(17-21)31-18-23(29)26-20-13-8-5-9-14-20/h4-17,24H,3,18H2,1-2H3,(H,26,29)(H,27,30). The van der Waals surface area contributed by atoms with Gasteiger partial charge in [0.1, 0.15) is 11.8 Å². The Bertz CT molecular complexity index is 993. The van der Waals surface area contributed by atoms with Crippen molar-refractivity contribution < 1.29 is 14.3 Å². The monoisotopic (exact) mass is 417 g/mol. The van der Waals surface area contributed by atoms with E-state index in [2.05, 4.69) is 10.6 Å². The van der Waals surface area contributed by atoms with Crippen molar-refractivity contribution in [2.24, 2.45) is 0 Å². The molecule has 0 bridgehead atoms. The topological polar surface area (TPSA) is 70.7 Å². The smallest absolute Gasteiger partial charge is 0.262 e. The molecule has 0 saturated heterocycles. The Morgan fingerprint density at radius 3 is 2.19 bits per heavy atom. The maximum atomic E-state index is 13.0. The number of para-hydroxylation sites is 1. The highest BCUT2D eigenvalue weighted by Gasteiger charge is 2.24. The van der Waals surface area contributed by atoms with E-state index in [0.717, 1.165) is 12.1 Å². The number of hydrogen-bond acceptors (Lipinski definition) is 4. The Kier molecular flexibility index (Phi) is 7.79. The van der Waals surface area contributed by atoms with Crippen LogP contribution in [0.1, 0.15) is 18.5 Å². The SMILES string of the molecule is CCN(C)C(C(=O)Nc1cccc(OCC(=O)Nc2ccccc2)c1)c1ccccc1. The largest absolute Gasteiger partial charge is 0.484 e. The number of anilines is 2. The van der Waals surface area contributed by atoms with Crippen molar-refractivity contribution in [3.63, 3.8) is 0 Å². The lowest BCUT2D eigenvalue weighted by molar-refractivity contribution is -0.121. The molecule has 0 fully saturated rings. The molecule has 0 saturated carbocycles. The molecule has 0 aromatic heterocycles. The molecule has 6 nitrogen and oxygen atoms in total. The van der Waals surface area contributed by atoms with E-state index in [4.69, 9.17) is 4.74 Å². The third kappa shape index (κ3) is 6.42. The molecule has 0 spiro atoms. The van der Waals surface area contributed by atoms with E-state index in [1.807, 2.05) is 79.5 Å². The van der Waals surface area contributed by atoms with Crippen molar-refractivity contribution in [1.29, 1.82) is 0 Å². The van der Waals surface area contributed by atoms with E-state index in [0.29, 0.717) is 17.1 Å². The van der Waals surface area contributed by atoms with Gasteiger partial charge in [0.15, 0.2) is 6.61 Å². The summed E-state index contributed by atoms with van der Waals surface area (Å²) < 4.78 is 5.60. The molecule has 0 aliphatic rings. The van der Waals surface area contributed by atoms with Crippen LogP contribution < -0.4 is 15.4 Å². The number of benzene rings is 3. The van der Waals surface area contributed by atoms with Crippen LogP contribution in [-0.2, 0) is 9.59 Å². The number of carbonyl (C=O) groups excluding carboxylic acids is 2. The van der Waals surface area contributed by atoms with Gasteiger partial charge >= 0.3 is 0 Å². The number of amides is 2. The van der Waals surface area contributed by atoms with Crippen molar-refractivity contribution in [2.45, 2.75) is 13.0 Å². The summed E-state index contributed by atoms with van der Waals surface area (Å²) in [6, 6.07) is 25.5. The average molecular weight is 418 g/mol. The highest BCUT2D eigenvalue weighted by atomic mass is 16.5. The number of rotatable bonds is 9. The number of nitrogens with one attached hydrogen (secondary N) is 2. The molecule has 0 aliphatic heterocycles. The van der Waals surface area contributed by atoms with Crippen LogP contribution in [0, 0.1) is 0 Å². The van der Waals surface area contributed by atoms with E-state index in [1.165, 1.54) is 0 Å². The quantitative estimate of drug-likeness (QED) is 0.544. The number of likely N-dealkylation sites (N-methyl/N-ethyl adjacent to an activating group) is 1. The summed E-state index contributed by atoms with van der Waals surface area (Å²) in [4.78, 5) is 27.1. The van der Waals surface area contributed by atoms with Crippen LogP contribution in [0.25, 0.3) is 0 Å². The lowest BCUT2D eigenvalue weighted by atomic mass is 10.0. The van der Waals surface area contributed by atoms with Gasteiger partial charge in [-0.1, -0.05) is 61.5 Å². The Labute approximate surface area is 182 Å². The van der Waals surface area contributed by atoms with Crippen molar-refractivity contribution in [3.05, 3.63) is 90.5 Å². The first kappa shape index (κ1) is 22.1. The molecule has 3 aromatic carbocycles. The molecule has 2 amide bonds. The van der Waals surface area contributed by atoms with Crippen molar-refractivity contribution in [2.75, 3.05) is 30.8 Å². The summed E-state index contributed by atoms with van der Waals surface area (Å²) >= 11 is 0. The number of ether oxygens (including phenoxy) is 1. The van der Waals surface area contributed by atoms with E-state index < -0.39 is 6.04 Å². The van der Waals surface area contributed by atoms with Crippen LogP contribution in [0.5, 0.6) is 5.75 Å². The maximum Gasteiger partial charge on any atom is 0.262 e. The second-order valence-corrected chi connectivity index (χ2v) is 7.11. The van der Waals surface area contributed by atoms with E-state index in [-0.39, 0.29) is 18.4 Å². The number of hydrogen-bond donors (Lipinski definition) is 2. The Morgan fingerprint density at radius 2 is 1.52 bits per heavy atom. The molecule has 0 aliphatic carbocycles. The lowest BCUT2D eigenvalue weighted by Gasteiger charge is -2.26. The number of carbonyl (C=O) groups is 2. The lowest BCUT2D eigenvalue weighted by Crippen LogP contribution is -2.34. The van der Waals surface area contributed by atoms with Crippen LogP contribution in [0.3, 0.4) is 0 Å². The molecule has 160 valence electrons. The fourth-order valence-electron chi connectivity index (χ4n) is 3.17. The second kappa shape index (κ2) is 10.9. The summed E-state index contributed by atoms with van der Waals surface area (Å²) in [5.74, 6) is 0.116. The minimum atomic E-state index is -0.410. The van der Waals surface area contributed by atoms with Crippen LogP contribution in [-0.4, -0.2) is 36.9 Å². The van der Waals surface area contributed by atoms with Gasteiger partial charge < -0.3 is 15.4 Å². The first-order valence-corrected chi connectivity index (χ1v) is 10.2. The van der Waals surface area contributed by atoms with E-state index >= 15 is 0 Å². The zero-order chi connectivity index (χ0) is 22.1. The van der Waals surface area contributed by atoms with Gasteiger partial charge in [0, 0.05) is 17.4 Å². The van der Waals surface area contributed by atoms with Crippen LogP contribution in [0.2, 0.25) is 0 Å². The molecule has 1 atom stereocenters. The minimum absolute atomic E-state index is 0.127. The molecule has 0 heterocycles.